The van der Waals surface area contributed by atoms with E-state index in [0.717, 1.165) is 17.7 Å². The molecule has 2 N–H and O–H groups in total. The van der Waals surface area contributed by atoms with Gasteiger partial charge in [0.05, 0.1) is 5.56 Å². The number of rotatable bonds is 4. The van der Waals surface area contributed by atoms with Crippen molar-refractivity contribution in [1.29, 1.82) is 0 Å². The number of hydrogen-bond donors (Lipinski definition) is 2. The average molecular weight is 345 g/mol. The van der Waals surface area contributed by atoms with Crippen molar-refractivity contribution in [3.05, 3.63) is 72.1 Å². The van der Waals surface area contributed by atoms with Crippen LogP contribution in [0.1, 0.15) is 11.1 Å². The molecule has 0 aliphatic rings. The normalized spacial score (nSPS) is 11.3. The first-order valence-electron chi connectivity index (χ1n) is 7.44. The van der Waals surface area contributed by atoms with E-state index >= 15 is 0 Å². The number of aromatic hydroxyl groups is 1. The van der Waals surface area contributed by atoms with Crippen LogP contribution in [0.15, 0.2) is 60.9 Å². The Labute approximate surface area is 142 Å². The summed E-state index contributed by atoms with van der Waals surface area (Å²) >= 11 is 0. The lowest BCUT2D eigenvalue weighted by Gasteiger charge is -2.12. The highest BCUT2D eigenvalue weighted by Crippen LogP contribution is 2.30. The van der Waals surface area contributed by atoms with Crippen molar-refractivity contribution in [2.75, 3.05) is 5.32 Å². The van der Waals surface area contributed by atoms with Crippen molar-refractivity contribution in [1.82, 2.24) is 9.97 Å². The number of phenolic OH excluding ortho intramolecular Hbond substituents is 1. The van der Waals surface area contributed by atoms with E-state index < -0.39 is 11.7 Å². The Morgan fingerprint density at radius 3 is 2.40 bits per heavy atom. The molecule has 1 heterocycles. The van der Waals surface area contributed by atoms with Gasteiger partial charge in [-0.15, -0.1) is 0 Å². The standard InChI is InChI=1S/C18H14F3N3O/c19-18(20,21)14-3-1-2-12(10-14)11-24-17-16(22-8-9-23-17)13-4-6-15(25)7-5-13/h1-10,25H,11H2,(H,23,24). The van der Waals surface area contributed by atoms with Crippen LogP contribution in [0.2, 0.25) is 0 Å². The Morgan fingerprint density at radius 2 is 1.68 bits per heavy atom. The summed E-state index contributed by atoms with van der Waals surface area (Å²) in [6.45, 7) is 0.174. The number of anilines is 1. The Bertz CT molecular complexity index is 864. The topological polar surface area (TPSA) is 58.0 Å². The van der Waals surface area contributed by atoms with Crippen LogP contribution in [0.4, 0.5) is 19.0 Å². The van der Waals surface area contributed by atoms with E-state index in [2.05, 4.69) is 15.3 Å². The summed E-state index contributed by atoms with van der Waals surface area (Å²) in [5.74, 6) is 0.580. The summed E-state index contributed by atoms with van der Waals surface area (Å²) in [7, 11) is 0. The van der Waals surface area contributed by atoms with Gasteiger partial charge >= 0.3 is 6.18 Å². The highest BCUT2D eigenvalue weighted by Gasteiger charge is 2.30. The lowest BCUT2D eigenvalue weighted by molar-refractivity contribution is -0.137. The molecule has 1 aromatic heterocycles. The third-order valence-corrected chi connectivity index (χ3v) is 3.55. The van der Waals surface area contributed by atoms with Gasteiger partial charge < -0.3 is 10.4 Å². The van der Waals surface area contributed by atoms with E-state index in [0.29, 0.717) is 17.1 Å². The maximum atomic E-state index is 12.8. The van der Waals surface area contributed by atoms with Gasteiger partial charge in [0.1, 0.15) is 11.4 Å². The molecule has 25 heavy (non-hydrogen) atoms. The van der Waals surface area contributed by atoms with Gasteiger partial charge in [-0.2, -0.15) is 13.2 Å². The Hall–Kier alpha value is -3.09. The minimum absolute atomic E-state index is 0.131. The van der Waals surface area contributed by atoms with Gasteiger partial charge in [0.15, 0.2) is 5.82 Å². The maximum absolute atomic E-state index is 12.8. The molecular formula is C18H14F3N3O. The molecule has 0 saturated carbocycles. The first kappa shape index (κ1) is 16.8. The van der Waals surface area contributed by atoms with Gasteiger partial charge in [0, 0.05) is 24.5 Å². The Morgan fingerprint density at radius 1 is 0.960 bits per heavy atom. The number of alkyl halides is 3. The largest absolute Gasteiger partial charge is 0.508 e. The molecule has 128 valence electrons. The number of hydrogen-bond acceptors (Lipinski definition) is 4. The molecule has 2 aromatic carbocycles. The Balaban J connectivity index is 1.82. The second-order valence-corrected chi connectivity index (χ2v) is 5.35. The first-order valence-corrected chi connectivity index (χ1v) is 7.44. The first-order chi connectivity index (χ1) is 11.9. The monoisotopic (exact) mass is 345 g/mol. The van der Waals surface area contributed by atoms with Crippen molar-refractivity contribution >= 4 is 5.82 Å². The third-order valence-electron chi connectivity index (χ3n) is 3.55. The zero-order chi connectivity index (χ0) is 17.9. The zero-order valence-electron chi connectivity index (χ0n) is 13.0. The molecule has 0 amide bonds. The van der Waals surface area contributed by atoms with E-state index in [-0.39, 0.29) is 12.3 Å². The van der Waals surface area contributed by atoms with E-state index in [1.807, 2.05) is 0 Å². The summed E-state index contributed by atoms with van der Waals surface area (Å²) in [4.78, 5) is 8.47. The SMILES string of the molecule is Oc1ccc(-c2nccnc2NCc2cccc(C(F)(F)F)c2)cc1. The van der Waals surface area contributed by atoms with Crippen LogP contribution in [0.3, 0.4) is 0 Å². The van der Waals surface area contributed by atoms with Gasteiger partial charge in [-0.25, -0.2) is 4.98 Å². The molecule has 7 heteroatoms. The van der Waals surface area contributed by atoms with Gasteiger partial charge in [0.25, 0.3) is 0 Å². The molecule has 4 nitrogen and oxygen atoms in total. The number of nitrogens with zero attached hydrogens (tertiary/aromatic N) is 2. The fourth-order valence-electron chi connectivity index (χ4n) is 2.34. The molecule has 3 aromatic rings. The third kappa shape index (κ3) is 4.06. The molecule has 0 fully saturated rings. The number of aromatic nitrogens is 2. The highest BCUT2D eigenvalue weighted by molar-refractivity contribution is 5.71. The summed E-state index contributed by atoms with van der Waals surface area (Å²) in [6.07, 6.45) is -1.35. The molecule has 0 unspecified atom stereocenters. The summed E-state index contributed by atoms with van der Waals surface area (Å²) in [5, 5.41) is 12.4. The zero-order valence-corrected chi connectivity index (χ0v) is 13.0. The molecule has 3 rings (SSSR count). The smallest absolute Gasteiger partial charge is 0.416 e. The molecule has 0 radical (unpaired) electrons. The van der Waals surface area contributed by atoms with Gasteiger partial charge in [-0.05, 0) is 42.0 Å². The fraction of sp³-hybridized carbons (Fsp3) is 0.111. The molecule has 0 atom stereocenters. The van der Waals surface area contributed by atoms with Crippen molar-refractivity contribution in [3.8, 4) is 17.0 Å². The summed E-state index contributed by atoms with van der Waals surface area (Å²) in [5.41, 5.74) is 1.08. The fourth-order valence-corrected chi connectivity index (χ4v) is 2.34. The summed E-state index contributed by atoms with van der Waals surface area (Å²) < 4.78 is 38.4. The van der Waals surface area contributed by atoms with Crippen molar-refractivity contribution in [2.24, 2.45) is 0 Å². The van der Waals surface area contributed by atoms with Crippen LogP contribution >= 0.6 is 0 Å². The van der Waals surface area contributed by atoms with Gasteiger partial charge in [-0.1, -0.05) is 12.1 Å². The lowest BCUT2D eigenvalue weighted by atomic mass is 10.1. The second-order valence-electron chi connectivity index (χ2n) is 5.35. The predicted octanol–water partition coefficient (Wildman–Crippen LogP) is 4.48. The molecule has 0 bridgehead atoms. The quantitative estimate of drug-likeness (QED) is 0.732. The van der Waals surface area contributed by atoms with Crippen molar-refractivity contribution < 1.29 is 18.3 Å². The van der Waals surface area contributed by atoms with Crippen LogP contribution in [0, 0.1) is 0 Å². The lowest BCUT2D eigenvalue weighted by Crippen LogP contribution is -2.08. The van der Waals surface area contributed by atoms with E-state index in [4.69, 9.17) is 0 Å². The molecular weight excluding hydrogens is 331 g/mol. The van der Waals surface area contributed by atoms with E-state index in [1.54, 1.807) is 18.2 Å². The van der Waals surface area contributed by atoms with E-state index in [9.17, 15) is 18.3 Å². The molecule has 0 aliphatic heterocycles. The van der Waals surface area contributed by atoms with Gasteiger partial charge in [-0.3, -0.25) is 4.98 Å². The highest BCUT2D eigenvalue weighted by atomic mass is 19.4. The van der Waals surface area contributed by atoms with Gasteiger partial charge in [0.2, 0.25) is 0 Å². The molecule has 0 saturated heterocycles. The Kier molecular flexibility index (Phi) is 4.56. The van der Waals surface area contributed by atoms with Crippen molar-refractivity contribution in [2.45, 2.75) is 12.7 Å². The molecule has 0 spiro atoms. The second kappa shape index (κ2) is 6.80. The van der Waals surface area contributed by atoms with Crippen LogP contribution < -0.4 is 5.32 Å². The number of halogens is 3. The van der Waals surface area contributed by atoms with E-state index in [1.165, 1.54) is 30.6 Å². The van der Waals surface area contributed by atoms with Crippen LogP contribution in [0.5, 0.6) is 5.75 Å². The minimum atomic E-state index is -4.38. The van der Waals surface area contributed by atoms with Crippen LogP contribution in [-0.2, 0) is 12.7 Å². The minimum Gasteiger partial charge on any atom is -0.508 e. The average Bonchev–Trinajstić information content (AvgIpc) is 2.60. The van der Waals surface area contributed by atoms with Crippen molar-refractivity contribution in [3.63, 3.8) is 0 Å². The predicted molar refractivity (Wildman–Crippen MR) is 87.9 cm³/mol. The van der Waals surface area contributed by atoms with Crippen LogP contribution in [0.25, 0.3) is 11.3 Å². The number of nitrogens with one attached hydrogen (secondary N) is 1. The maximum Gasteiger partial charge on any atom is 0.416 e. The molecule has 0 aliphatic carbocycles. The number of benzene rings is 2. The van der Waals surface area contributed by atoms with Crippen LogP contribution in [-0.4, -0.2) is 15.1 Å². The summed E-state index contributed by atoms with van der Waals surface area (Å²) in [6, 6.07) is 11.6. The number of phenols is 1.